The first kappa shape index (κ1) is 14.6. The highest BCUT2D eigenvalue weighted by Gasteiger charge is 2.28. The topological polar surface area (TPSA) is 15.3 Å². The molecule has 0 radical (unpaired) electrons. The molecule has 1 N–H and O–H groups in total. The Labute approximate surface area is 127 Å². The average molecular weight is 292 g/mol. The lowest BCUT2D eigenvalue weighted by atomic mass is 9.95. The van der Waals surface area contributed by atoms with E-state index >= 15 is 0 Å². The van der Waals surface area contributed by atoms with Gasteiger partial charge in [-0.3, -0.25) is 4.90 Å². The van der Waals surface area contributed by atoms with Gasteiger partial charge in [0.05, 0.1) is 0 Å². The van der Waals surface area contributed by atoms with Crippen LogP contribution in [0.25, 0.3) is 0 Å². The molecule has 3 rings (SSSR count). The van der Waals surface area contributed by atoms with E-state index in [1.165, 1.54) is 75.9 Å². The van der Waals surface area contributed by atoms with Crippen LogP contribution >= 0.6 is 11.3 Å². The Morgan fingerprint density at radius 1 is 1.15 bits per heavy atom. The van der Waals surface area contributed by atoms with Gasteiger partial charge in [-0.05, 0) is 50.1 Å². The molecule has 2 aliphatic rings. The van der Waals surface area contributed by atoms with Gasteiger partial charge < -0.3 is 5.32 Å². The zero-order valence-corrected chi connectivity index (χ0v) is 13.3. The number of hydrogen-bond acceptors (Lipinski definition) is 3. The maximum atomic E-state index is 3.77. The molecule has 0 amide bonds. The lowest BCUT2D eigenvalue weighted by Gasteiger charge is -2.25. The van der Waals surface area contributed by atoms with Gasteiger partial charge in [-0.1, -0.05) is 25.3 Å². The van der Waals surface area contributed by atoms with Crippen molar-refractivity contribution in [3.8, 4) is 0 Å². The number of hydrogen-bond donors (Lipinski definition) is 1. The maximum absolute atomic E-state index is 3.77. The summed E-state index contributed by atoms with van der Waals surface area (Å²) in [6.45, 7) is 3.65. The third kappa shape index (κ3) is 4.57. The van der Waals surface area contributed by atoms with Gasteiger partial charge >= 0.3 is 0 Å². The Kier molecular flexibility index (Phi) is 5.51. The Morgan fingerprint density at radius 2 is 2.00 bits per heavy atom. The summed E-state index contributed by atoms with van der Waals surface area (Å²) in [6.07, 6.45) is 11.3. The van der Waals surface area contributed by atoms with Gasteiger partial charge in [-0.15, -0.1) is 11.3 Å². The standard InChI is InChI=1S/C17H28N2S/c1-2-6-15(7-3-1)18-11-5-12-19(16-9-10-16)14-17-8-4-13-20-17/h4,8,13,15-16,18H,1-3,5-7,9-12,14H2. The number of nitrogens with one attached hydrogen (secondary N) is 1. The van der Waals surface area contributed by atoms with Gasteiger partial charge in [0.15, 0.2) is 0 Å². The average Bonchev–Trinajstić information content (AvgIpc) is 3.21. The van der Waals surface area contributed by atoms with Crippen molar-refractivity contribution in [1.82, 2.24) is 10.2 Å². The van der Waals surface area contributed by atoms with Crippen molar-refractivity contribution in [1.29, 1.82) is 0 Å². The zero-order chi connectivity index (χ0) is 13.6. The fourth-order valence-electron chi connectivity index (χ4n) is 3.33. The quantitative estimate of drug-likeness (QED) is 0.728. The van der Waals surface area contributed by atoms with E-state index in [1.807, 2.05) is 11.3 Å². The van der Waals surface area contributed by atoms with Gasteiger partial charge in [-0.25, -0.2) is 0 Å². The zero-order valence-electron chi connectivity index (χ0n) is 12.5. The van der Waals surface area contributed by atoms with Crippen molar-refractivity contribution in [3.63, 3.8) is 0 Å². The highest BCUT2D eigenvalue weighted by Crippen LogP contribution is 2.29. The summed E-state index contributed by atoms with van der Waals surface area (Å²) in [5.41, 5.74) is 0. The van der Waals surface area contributed by atoms with Crippen LogP contribution in [0.15, 0.2) is 17.5 Å². The molecule has 1 aromatic heterocycles. The molecule has 20 heavy (non-hydrogen) atoms. The molecule has 2 aliphatic carbocycles. The molecule has 0 bridgehead atoms. The molecule has 112 valence electrons. The molecule has 0 aromatic carbocycles. The first-order chi connectivity index (χ1) is 9.92. The predicted molar refractivity (Wildman–Crippen MR) is 87.2 cm³/mol. The van der Waals surface area contributed by atoms with Crippen molar-refractivity contribution in [2.75, 3.05) is 13.1 Å². The lowest BCUT2D eigenvalue weighted by molar-refractivity contribution is 0.249. The minimum Gasteiger partial charge on any atom is -0.314 e. The predicted octanol–water partition coefficient (Wildman–Crippen LogP) is 4.02. The van der Waals surface area contributed by atoms with Crippen LogP contribution in [0.3, 0.4) is 0 Å². The van der Waals surface area contributed by atoms with E-state index in [0.717, 1.165) is 12.1 Å². The fraction of sp³-hybridized carbons (Fsp3) is 0.765. The van der Waals surface area contributed by atoms with E-state index in [-0.39, 0.29) is 0 Å². The Hall–Kier alpha value is -0.380. The second kappa shape index (κ2) is 7.58. The minimum atomic E-state index is 0.815. The van der Waals surface area contributed by atoms with Crippen molar-refractivity contribution >= 4 is 11.3 Å². The second-order valence-electron chi connectivity index (χ2n) is 6.42. The summed E-state index contributed by atoms with van der Waals surface area (Å²) in [4.78, 5) is 4.23. The summed E-state index contributed by atoms with van der Waals surface area (Å²) < 4.78 is 0. The molecule has 1 heterocycles. The molecule has 1 aromatic rings. The Morgan fingerprint density at radius 3 is 2.70 bits per heavy atom. The number of thiophene rings is 1. The van der Waals surface area contributed by atoms with E-state index in [0.29, 0.717) is 0 Å². The normalized spacial score (nSPS) is 20.6. The van der Waals surface area contributed by atoms with Crippen LogP contribution in [0.4, 0.5) is 0 Å². The maximum Gasteiger partial charge on any atom is 0.0330 e. The van der Waals surface area contributed by atoms with Crippen LogP contribution in [0.2, 0.25) is 0 Å². The third-order valence-corrected chi connectivity index (χ3v) is 5.52. The molecule has 0 saturated heterocycles. The van der Waals surface area contributed by atoms with Crippen molar-refractivity contribution in [2.24, 2.45) is 0 Å². The molecule has 0 aliphatic heterocycles. The summed E-state index contributed by atoms with van der Waals surface area (Å²) in [5, 5.41) is 5.97. The molecule has 2 fully saturated rings. The monoisotopic (exact) mass is 292 g/mol. The first-order valence-corrected chi connectivity index (χ1v) is 9.29. The molecule has 3 heteroatoms. The summed E-state index contributed by atoms with van der Waals surface area (Å²) in [6, 6.07) is 6.15. The minimum absolute atomic E-state index is 0.815. The molecule has 2 saturated carbocycles. The van der Waals surface area contributed by atoms with Crippen molar-refractivity contribution < 1.29 is 0 Å². The molecule has 0 spiro atoms. The number of rotatable bonds is 8. The van der Waals surface area contributed by atoms with E-state index in [9.17, 15) is 0 Å². The van der Waals surface area contributed by atoms with Crippen LogP contribution < -0.4 is 5.32 Å². The van der Waals surface area contributed by atoms with Crippen LogP contribution in [0.1, 0.15) is 56.2 Å². The van der Waals surface area contributed by atoms with E-state index < -0.39 is 0 Å². The highest BCUT2D eigenvalue weighted by atomic mass is 32.1. The smallest absolute Gasteiger partial charge is 0.0330 e. The molecule has 2 nitrogen and oxygen atoms in total. The van der Waals surface area contributed by atoms with Crippen molar-refractivity contribution in [3.05, 3.63) is 22.4 Å². The van der Waals surface area contributed by atoms with E-state index in [2.05, 4.69) is 27.7 Å². The largest absolute Gasteiger partial charge is 0.314 e. The molecule has 0 unspecified atom stereocenters. The summed E-state index contributed by atoms with van der Waals surface area (Å²) >= 11 is 1.90. The van der Waals surface area contributed by atoms with Gasteiger partial charge in [0.1, 0.15) is 0 Å². The van der Waals surface area contributed by atoms with Gasteiger partial charge in [-0.2, -0.15) is 0 Å². The second-order valence-corrected chi connectivity index (χ2v) is 7.46. The third-order valence-electron chi connectivity index (χ3n) is 4.66. The Bertz CT molecular complexity index is 366. The van der Waals surface area contributed by atoms with Crippen LogP contribution in [0, 0.1) is 0 Å². The van der Waals surface area contributed by atoms with Crippen LogP contribution in [0.5, 0.6) is 0 Å². The lowest BCUT2D eigenvalue weighted by Crippen LogP contribution is -2.34. The van der Waals surface area contributed by atoms with E-state index in [4.69, 9.17) is 0 Å². The van der Waals surface area contributed by atoms with Gasteiger partial charge in [0.25, 0.3) is 0 Å². The fourth-order valence-corrected chi connectivity index (χ4v) is 4.06. The number of nitrogens with zero attached hydrogens (tertiary/aromatic N) is 1. The summed E-state index contributed by atoms with van der Waals surface area (Å²) in [7, 11) is 0. The highest BCUT2D eigenvalue weighted by molar-refractivity contribution is 7.09. The van der Waals surface area contributed by atoms with Crippen LogP contribution in [-0.2, 0) is 6.54 Å². The van der Waals surface area contributed by atoms with E-state index in [1.54, 1.807) is 0 Å². The first-order valence-electron chi connectivity index (χ1n) is 8.41. The molecular formula is C17H28N2S. The van der Waals surface area contributed by atoms with Crippen molar-refractivity contribution in [2.45, 2.75) is 70.0 Å². The van der Waals surface area contributed by atoms with Crippen LogP contribution in [-0.4, -0.2) is 30.1 Å². The summed E-state index contributed by atoms with van der Waals surface area (Å²) in [5.74, 6) is 0. The van der Waals surface area contributed by atoms with Gasteiger partial charge in [0.2, 0.25) is 0 Å². The SMILES string of the molecule is c1csc(CN(CCCNC2CCCCC2)C2CC2)c1. The Balaban J connectivity index is 1.34. The molecule has 0 atom stereocenters. The molecular weight excluding hydrogens is 264 g/mol. The van der Waals surface area contributed by atoms with Gasteiger partial charge in [0, 0.05) is 30.1 Å².